The second kappa shape index (κ2) is 5.26. The molecule has 1 heterocycles. The van der Waals surface area contributed by atoms with Gasteiger partial charge >= 0.3 is 5.97 Å². The van der Waals surface area contributed by atoms with Crippen LogP contribution in [0.15, 0.2) is 0 Å². The van der Waals surface area contributed by atoms with Gasteiger partial charge in [0.1, 0.15) is 6.04 Å². The Labute approximate surface area is 107 Å². The minimum absolute atomic E-state index is 0.139. The zero-order chi connectivity index (χ0) is 13.3. The third kappa shape index (κ3) is 2.23. The van der Waals surface area contributed by atoms with Crippen molar-refractivity contribution in [1.29, 1.82) is 0 Å². The standard InChI is InChI=1S/C13H22N2O3/c1-2-4-10(14)12(16)15-7-8-5-3-6-9(8)11(15)13(17)18/h8-11H,2-7,14H2,1H3,(H,17,18)/t8?,9?,10-,11?/m0/s1. The fourth-order valence-electron chi connectivity index (χ4n) is 3.50. The molecule has 2 aliphatic rings. The average molecular weight is 254 g/mol. The van der Waals surface area contributed by atoms with Crippen LogP contribution < -0.4 is 5.73 Å². The Morgan fingerprint density at radius 1 is 1.44 bits per heavy atom. The van der Waals surface area contributed by atoms with E-state index in [1.807, 2.05) is 6.92 Å². The van der Waals surface area contributed by atoms with Gasteiger partial charge in [0.15, 0.2) is 0 Å². The summed E-state index contributed by atoms with van der Waals surface area (Å²) in [5, 5.41) is 9.36. The van der Waals surface area contributed by atoms with Crippen LogP contribution in [0.3, 0.4) is 0 Å². The molecule has 0 aromatic rings. The van der Waals surface area contributed by atoms with Crippen molar-refractivity contribution in [3.05, 3.63) is 0 Å². The Kier molecular flexibility index (Phi) is 3.90. The highest BCUT2D eigenvalue weighted by Gasteiger charge is 2.49. The number of nitrogens with zero attached hydrogens (tertiary/aromatic N) is 1. The highest BCUT2D eigenvalue weighted by Crippen LogP contribution is 2.42. The van der Waals surface area contributed by atoms with E-state index in [0.717, 1.165) is 25.7 Å². The molecule has 1 amide bonds. The second-order valence-electron chi connectivity index (χ2n) is 5.52. The summed E-state index contributed by atoms with van der Waals surface area (Å²) in [6, 6.07) is -1.19. The largest absolute Gasteiger partial charge is 0.480 e. The molecule has 1 saturated heterocycles. The van der Waals surface area contributed by atoms with Crippen molar-refractivity contribution >= 4 is 11.9 Å². The van der Waals surface area contributed by atoms with Crippen LogP contribution in [-0.2, 0) is 9.59 Å². The van der Waals surface area contributed by atoms with E-state index in [2.05, 4.69) is 0 Å². The first kappa shape index (κ1) is 13.3. The van der Waals surface area contributed by atoms with Gasteiger partial charge in [-0.1, -0.05) is 19.8 Å². The number of nitrogens with two attached hydrogens (primary N) is 1. The minimum Gasteiger partial charge on any atom is -0.480 e. The molecule has 0 radical (unpaired) electrons. The molecule has 102 valence electrons. The van der Waals surface area contributed by atoms with Gasteiger partial charge in [-0.05, 0) is 31.1 Å². The van der Waals surface area contributed by atoms with E-state index in [1.54, 1.807) is 0 Å². The molecular formula is C13H22N2O3. The molecule has 5 heteroatoms. The number of hydrogen-bond donors (Lipinski definition) is 2. The predicted octanol–water partition coefficient (Wildman–Crippen LogP) is 0.825. The number of carboxylic acids is 1. The van der Waals surface area contributed by atoms with Crippen LogP contribution in [0.2, 0.25) is 0 Å². The van der Waals surface area contributed by atoms with Gasteiger partial charge in [0.2, 0.25) is 5.91 Å². The number of fused-ring (bicyclic) bond motifs is 1. The van der Waals surface area contributed by atoms with Crippen LogP contribution in [0, 0.1) is 11.8 Å². The monoisotopic (exact) mass is 254 g/mol. The van der Waals surface area contributed by atoms with E-state index in [0.29, 0.717) is 18.9 Å². The van der Waals surface area contributed by atoms with Gasteiger partial charge in [-0.2, -0.15) is 0 Å². The summed E-state index contributed by atoms with van der Waals surface area (Å²) in [5.41, 5.74) is 5.84. The van der Waals surface area contributed by atoms with Crippen molar-refractivity contribution in [2.75, 3.05) is 6.54 Å². The molecule has 3 unspecified atom stereocenters. The summed E-state index contributed by atoms with van der Waals surface area (Å²) >= 11 is 0. The fraction of sp³-hybridized carbons (Fsp3) is 0.846. The SMILES string of the molecule is CCC[C@H](N)C(=O)N1CC2CCCC2C1C(=O)O. The first-order valence-corrected chi connectivity index (χ1v) is 6.85. The van der Waals surface area contributed by atoms with Gasteiger partial charge < -0.3 is 15.7 Å². The smallest absolute Gasteiger partial charge is 0.326 e. The number of likely N-dealkylation sites (tertiary alicyclic amines) is 1. The van der Waals surface area contributed by atoms with Crippen molar-refractivity contribution in [1.82, 2.24) is 4.90 Å². The molecule has 0 bridgehead atoms. The molecule has 3 N–H and O–H groups in total. The molecule has 0 aromatic heterocycles. The van der Waals surface area contributed by atoms with Crippen LogP contribution in [0.4, 0.5) is 0 Å². The summed E-state index contributed by atoms with van der Waals surface area (Å²) in [6.45, 7) is 2.55. The molecule has 0 spiro atoms. The number of carbonyl (C=O) groups is 2. The van der Waals surface area contributed by atoms with E-state index < -0.39 is 18.1 Å². The van der Waals surface area contributed by atoms with Gasteiger partial charge in [-0.25, -0.2) is 4.79 Å². The Balaban J connectivity index is 2.12. The lowest BCUT2D eigenvalue weighted by Gasteiger charge is -2.26. The Bertz CT molecular complexity index is 345. The highest BCUT2D eigenvalue weighted by atomic mass is 16.4. The summed E-state index contributed by atoms with van der Waals surface area (Å²) < 4.78 is 0. The zero-order valence-electron chi connectivity index (χ0n) is 10.8. The van der Waals surface area contributed by atoms with Crippen LogP contribution in [0.25, 0.3) is 0 Å². The topological polar surface area (TPSA) is 83.6 Å². The van der Waals surface area contributed by atoms with E-state index >= 15 is 0 Å². The first-order chi connectivity index (χ1) is 8.56. The Hall–Kier alpha value is -1.10. The molecule has 4 atom stereocenters. The number of rotatable bonds is 4. The summed E-state index contributed by atoms with van der Waals surface area (Å²) in [5.74, 6) is -0.552. The van der Waals surface area contributed by atoms with Crippen LogP contribution in [-0.4, -0.2) is 40.5 Å². The molecule has 1 aliphatic heterocycles. The maximum Gasteiger partial charge on any atom is 0.326 e. The van der Waals surface area contributed by atoms with Crippen LogP contribution >= 0.6 is 0 Å². The maximum absolute atomic E-state index is 12.2. The van der Waals surface area contributed by atoms with Crippen molar-refractivity contribution < 1.29 is 14.7 Å². The van der Waals surface area contributed by atoms with Crippen molar-refractivity contribution in [3.63, 3.8) is 0 Å². The average Bonchev–Trinajstić information content (AvgIpc) is 2.86. The Morgan fingerprint density at radius 2 is 2.17 bits per heavy atom. The van der Waals surface area contributed by atoms with E-state index in [9.17, 15) is 14.7 Å². The van der Waals surface area contributed by atoms with Crippen molar-refractivity contribution in [2.24, 2.45) is 17.6 Å². The molecule has 1 aliphatic carbocycles. The van der Waals surface area contributed by atoms with Gasteiger partial charge in [0.25, 0.3) is 0 Å². The predicted molar refractivity (Wildman–Crippen MR) is 66.9 cm³/mol. The number of aliphatic carboxylic acids is 1. The third-order valence-electron chi connectivity index (χ3n) is 4.34. The molecule has 18 heavy (non-hydrogen) atoms. The Morgan fingerprint density at radius 3 is 2.78 bits per heavy atom. The summed E-state index contributed by atoms with van der Waals surface area (Å²) in [6.07, 6.45) is 4.51. The van der Waals surface area contributed by atoms with Gasteiger partial charge in [-0.3, -0.25) is 4.79 Å². The van der Waals surface area contributed by atoms with Crippen LogP contribution in [0.1, 0.15) is 39.0 Å². The highest BCUT2D eigenvalue weighted by molar-refractivity contribution is 5.87. The van der Waals surface area contributed by atoms with E-state index in [1.165, 1.54) is 4.90 Å². The van der Waals surface area contributed by atoms with Crippen molar-refractivity contribution in [2.45, 2.75) is 51.1 Å². The lowest BCUT2D eigenvalue weighted by Crippen LogP contribution is -2.50. The van der Waals surface area contributed by atoms with Crippen molar-refractivity contribution in [3.8, 4) is 0 Å². The van der Waals surface area contributed by atoms with Gasteiger partial charge in [0, 0.05) is 6.54 Å². The zero-order valence-corrected chi connectivity index (χ0v) is 10.8. The van der Waals surface area contributed by atoms with E-state index in [4.69, 9.17) is 5.73 Å². The second-order valence-corrected chi connectivity index (χ2v) is 5.52. The molecule has 0 aromatic carbocycles. The molecule has 1 saturated carbocycles. The summed E-state index contributed by atoms with van der Waals surface area (Å²) in [4.78, 5) is 25.1. The van der Waals surface area contributed by atoms with Gasteiger partial charge in [0.05, 0.1) is 6.04 Å². The molecular weight excluding hydrogens is 232 g/mol. The lowest BCUT2D eigenvalue weighted by molar-refractivity contribution is -0.150. The first-order valence-electron chi connectivity index (χ1n) is 6.85. The van der Waals surface area contributed by atoms with Crippen LogP contribution in [0.5, 0.6) is 0 Å². The van der Waals surface area contributed by atoms with Gasteiger partial charge in [-0.15, -0.1) is 0 Å². The summed E-state index contributed by atoms with van der Waals surface area (Å²) in [7, 11) is 0. The third-order valence-corrected chi connectivity index (χ3v) is 4.34. The fourth-order valence-corrected chi connectivity index (χ4v) is 3.50. The lowest BCUT2D eigenvalue weighted by atomic mass is 9.94. The minimum atomic E-state index is -0.874. The molecule has 2 fully saturated rings. The quantitative estimate of drug-likeness (QED) is 0.778. The number of carbonyl (C=O) groups excluding carboxylic acids is 1. The number of hydrogen-bond acceptors (Lipinski definition) is 3. The maximum atomic E-state index is 12.2. The number of carboxylic acid groups (broad SMARTS) is 1. The normalized spacial score (nSPS) is 32.3. The molecule has 5 nitrogen and oxygen atoms in total. The van der Waals surface area contributed by atoms with E-state index in [-0.39, 0.29) is 11.8 Å². The molecule has 2 rings (SSSR count). The number of amides is 1.